The minimum Gasteiger partial charge on any atom is -0.0843 e. The van der Waals surface area contributed by atoms with Crippen molar-refractivity contribution in [1.29, 1.82) is 0 Å². The van der Waals surface area contributed by atoms with Crippen LogP contribution >= 0.6 is 11.6 Å². The molecule has 0 spiro atoms. The molecule has 1 aliphatic carbocycles. The van der Waals surface area contributed by atoms with Crippen molar-refractivity contribution in [2.24, 2.45) is 10.8 Å². The largest absolute Gasteiger partial charge is 0.0843 e. The fourth-order valence-electron chi connectivity index (χ4n) is 5.06. The van der Waals surface area contributed by atoms with E-state index in [2.05, 4.69) is 132 Å². The Balaban J connectivity index is 2.40. The van der Waals surface area contributed by atoms with E-state index in [9.17, 15) is 0 Å². The molecule has 0 saturated carbocycles. The van der Waals surface area contributed by atoms with Gasteiger partial charge in [-0.3, -0.25) is 0 Å². The van der Waals surface area contributed by atoms with Crippen molar-refractivity contribution in [3.05, 3.63) is 87.5 Å². The van der Waals surface area contributed by atoms with Gasteiger partial charge in [0.2, 0.25) is 0 Å². The van der Waals surface area contributed by atoms with Gasteiger partial charge in [0.15, 0.2) is 0 Å². The molecule has 0 nitrogen and oxygen atoms in total. The van der Waals surface area contributed by atoms with Gasteiger partial charge in [-0.05, 0) is 73.6 Å². The van der Waals surface area contributed by atoms with Gasteiger partial charge >= 0.3 is 0 Å². The summed E-state index contributed by atoms with van der Waals surface area (Å²) in [6, 6.07) is 15.8. The minimum absolute atomic E-state index is 0.00719. The molecule has 2 aromatic rings. The second-order valence-corrected chi connectivity index (χ2v) is 15.2. The molecule has 0 aliphatic heterocycles. The first-order valence-electron chi connectivity index (χ1n) is 13.1. The lowest BCUT2D eigenvalue weighted by Gasteiger charge is -2.48. The summed E-state index contributed by atoms with van der Waals surface area (Å²) in [6.07, 6.45) is 5.98. The van der Waals surface area contributed by atoms with E-state index >= 15 is 0 Å². The maximum absolute atomic E-state index is 6.47. The van der Waals surface area contributed by atoms with Gasteiger partial charge in [0.1, 0.15) is 0 Å². The topological polar surface area (TPSA) is 0 Å². The first kappa shape index (κ1) is 27.8. The number of halogens is 1. The number of hydrogen-bond donors (Lipinski definition) is 0. The molecule has 2 aromatic carbocycles. The average molecular weight is 491 g/mol. The molecular formula is C34H47Cl. The van der Waals surface area contributed by atoms with Gasteiger partial charge in [0.05, 0.1) is 0 Å². The molecule has 0 aromatic heterocycles. The number of hydrogen-bond acceptors (Lipinski definition) is 0. The van der Waals surface area contributed by atoms with E-state index in [0.29, 0.717) is 0 Å². The van der Waals surface area contributed by atoms with Crippen LogP contribution in [0.4, 0.5) is 0 Å². The van der Waals surface area contributed by atoms with E-state index in [-0.39, 0.29) is 27.1 Å². The van der Waals surface area contributed by atoms with Gasteiger partial charge in [-0.2, -0.15) is 0 Å². The van der Waals surface area contributed by atoms with Crippen LogP contribution in [0.25, 0.3) is 5.57 Å². The summed E-state index contributed by atoms with van der Waals surface area (Å²) in [5.74, 6) is 0. The van der Waals surface area contributed by atoms with E-state index in [1.54, 1.807) is 0 Å². The predicted octanol–water partition coefficient (Wildman–Crippen LogP) is 10.7. The third-order valence-corrected chi connectivity index (χ3v) is 8.02. The Hall–Kier alpha value is -1.79. The van der Waals surface area contributed by atoms with Crippen molar-refractivity contribution in [3.63, 3.8) is 0 Å². The van der Waals surface area contributed by atoms with Gasteiger partial charge in [0, 0.05) is 10.4 Å². The van der Waals surface area contributed by atoms with Crippen molar-refractivity contribution in [1.82, 2.24) is 0 Å². The molecule has 0 N–H and O–H groups in total. The molecule has 35 heavy (non-hydrogen) atoms. The van der Waals surface area contributed by atoms with E-state index in [4.69, 9.17) is 11.6 Å². The Kier molecular flexibility index (Phi) is 7.11. The Morgan fingerprint density at radius 2 is 1.23 bits per heavy atom. The maximum Gasteiger partial charge on any atom is 0.0412 e. The molecule has 0 heterocycles. The third kappa shape index (κ3) is 5.80. The summed E-state index contributed by atoms with van der Waals surface area (Å²) in [6.45, 7) is 28.2. The number of benzene rings is 2. The van der Waals surface area contributed by atoms with E-state index in [1.807, 2.05) is 6.07 Å². The monoisotopic (exact) mass is 490 g/mol. The highest BCUT2D eigenvalue weighted by molar-refractivity contribution is 6.30. The van der Waals surface area contributed by atoms with Crippen molar-refractivity contribution >= 4 is 17.2 Å². The summed E-state index contributed by atoms with van der Waals surface area (Å²) in [7, 11) is 0. The first-order valence-corrected chi connectivity index (χ1v) is 13.5. The highest BCUT2D eigenvalue weighted by Gasteiger charge is 2.46. The molecule has 1 unspecified atom stereocenters. The lowest BCUT2D eigenvalue weighted by Crippen LogP contribution is -2.41. The Morgan fingerprint density at radius 3 is 1.66 bits per heavy atom. The van der Waals surface area contributed by atoms with Crippen molar-refractivity contribution in [2.75, 3.05) is 0 Å². The smallest absolute Gasteiger partial charge is 0.0412 e. The second kappa shape index (κ2) is 8.95. The van der Waals surface area contributed by atoms with Crippen LogP contribution in [0.5, 0.6) is 0 Å². The van der Waals surface area contributed by atoms with Crippen LogP contribution in [-0.4, -0.2) is 0 Å². The van der Waals surface area contributed by atoms with Crippen molar-refractivity contribution in [2.45, 2.75) is 106 Å². The van der Waals surface area contributed by atoms with Crippen LogP contribution < -0.4 is 0 Å². The Labute approximate surface area is 220 Å². The van der Waals surface area contributed by atoms with Crippen LogP contribution in [0.1, 0.15) is 112 Å². The third-order valence-electron chi connectivity index (χ3n) is 7.78. The molecule has 0 radical (unpaired) electrons. The normalized spacial score (nSPS) is 19.9. The summed E-state index contributed by atoms with van der Waals surface area (Å²) in [5, 5.41) is 0.793. The van der Waals surface area contributed by atoms with Crippen molar-refractivity contribution in [3.8, 4) is 0 Å². The number of allylic oxidation sites excluding steroid dienone is 4. The van der Waals surface area contributed by atoms with Crippen LogP contribution in [0.15, 0.2) is 60.2 Å². The molecule has 0 saturated heterocycles. The molecule has 190 valence electrons. The molecule has 1 aliphatic rings. The average Bonchev–Trinajstić information content (AvgIpc) is 2.70. The van der Waals surface area contributed by atoms with E-state index in [1.165, 1.54) is 33.4 Å². The zero-order chi connectivity index (χ0) is 26.6. The van der Waals surface area contributed by atoms with Gasteiger partial charge in [-0.15, -0.1) is 0 Å². The van der Waals surface area contributed by atoms with Gasteiger partial charge in [-0.25, -0.2) is 0 Å². The van der Waals surface area contributed by atoms with Gasteiger partial charge in [-0.1, -0.05) is 137 Å². The fourth-order valence-corrected chi connectivity index (χ4v) is 5.25. The predicted molar refractivity (Wildman–Crippen MR) is 157 cm³/mol. The molecule has 0 amide bonds. The maximum atomic E-state index is 6.47. The molecule has 0 bridgehead atoms. The molecule has 0 fully saturated rings. The van der Waals surface area contributed by atoms with Crippen LogP contribution in [-0.2, 0) is 16.2 Å². The van der Waals surface area contributed by atoms with Gasteiger partial charge in [0.25, 0.3) is 0 Å². The first-order chi connectivity index (χ1) is 15.7. The summed E-state index contributed by atoms with van der Waals surface area (Å²) in [4.78, 5) is 0. The minimum atomic E-state index is -0.150. The summed E-state index contributed by atoms with van der Waals surface area (Å²) >= 11 is 6.47. The van der Waals surface area contributed by atoms with Crippen LogP contribution in [0, 0.1) is 10.8 Å². The standard InChI is InChI=1S/C34H47Cl/c1-30(2,3)25-18-26(31(4,5)6)20-27(19-25)34(33(10,11)12)21-24(16-28(22-34)32(7,8)9)23-14-13-15-29(35)17-23/h13-20,22H,21H2,1-12H3. The summed E-state index contributed by atoms with van der Waals surface area (Å²) in [5.41, 5.74) is 8.28. The molecule has 1 heteroatoms. The zero-order valence-electron chi connectivity index (χ0n) is 24.3. The highest BCUT2D eigenvalue weighted by atomic mass is 35.5. The van der Waals surface area contributed by atoms with E-state index < -0.39 is 0 Å². The molecule has 1 atom stereocenters. The van der Waals surface area contributed by atoms with Crippen molar-refractivity contribution < 1.29 is 0 Å². The Bertz CT molecular complexity index is 1110. The van der Waals surface area contributed by atoms with Crippen LogP contribution in [0.3, 0.4) is 0 Å². The van der Waals surface area contributed by atoms with E-state index in [0.717, 1.165) is 11.4 Å². The van der Waals surface area contributed by atoms with Gasteiger partial charge < -0.3 is 0 Å². The Morgan fingerprint density at radius 1 is 0.686 bits per heavy atom. The molecule has 3 rings (SSSR count). The van der Waals surface area contributed by atoms with Crippen LogP contribution in [0.2, 0.25) is 5.02 Å². The quantitative estimate of drug-likeness (QED) is 0.392. The number of rotatable bonds is 2. The zero-order valence-corrected chi connectivity index (χ0v) is 25.0. The molecular weight excluding hydrogens is 444 g/mol. The SMILES string of the molecule is CC(C)(C)C1=CC(c2cc(C(C)(C)C)cc(C(C)(C)C)c2)(C(C)(C)C)CC(c2cccc(Cl)c2)=C1. The second-order valence-electron chi connectivity index (χ2n) is 14.7. The lowest BCUT2D eigenvalue weighted by atomic mass is 9.55. The lowest BCUT2D eigenvalue weighted by molar-refractivity contribution is 0.235. The fraction of sp³-hybridized carbons (Fsp3) is 0.529. The summed E-state index contributed by atoms with van der Waals surface area (Å²) < 4.78 is 0. The highest BCUT2D eigenvalue weighted by Crippen LogP contribution is 2.54.